The van der Waals surface area contributed by atoms with Crippen LogP contribution in [0.1, 0.15) is 47.9 Å². The van der Waals surface area contributed by atoms with Crippen LogP contribution in [0.25, 0.3) is 0 Å². The highest BCUT2D eigenvalue weighted by molar-refractivity contribution is 6.12. The van der Waals surface area contributed by atoms with E-state index in [0.717, 1.165) is 35.5 Å². The molecule has 1 heterocycles. The van der Waals surface area contributed by atoms with Gasteiger partial charge in [0.05, 0.1) is 6.54 Å². The fourth-order valence-electron chi connectivity index (χ4n) is 4.89. The zero-order chi connectivity index (χ0) is 23.5. The molecule has 0 N–H and O–H groups in total. The zero-order valence-corrected chi connectivity index (χ0v) is 19.7. The Morgan fingerprint density at radius 3 is 2.29 bits per heavy atom. The molecule has 0 radical (unpaired) electrons. The number of aryl methyl sites for hydroxylation is 1. The van der Waals surface area contributed by atoms with Crippen molar-refractivity contribution in [2.24, 2.45) is 20.9 Å². The first-order chi connectivity index (χ1) is 16.6. The molecule has 4 nitrogen and oxygen atoms in total. The van der Waals surface area contributed by atoms with E-state index in [0.29, 0.717) is 30.1 Å². The van der Waals surface area contributed by atoms with Crippen LogP contribution in [0.4, 0.5) is 0 Å². The van der Waals surface area contributed by atoms with Crippen molar-refractivity contribution in [2.75, 3.05) is 6.54 Å². The Hall–Kier alpha value is -3.79. The van der Waals surface area contributed by atoms with Crippen LogP contribution in [0.2, 0.25) is 0 Å². The lowest BCUT2D eigenvalue weighted by Crippen LogP contribution is -2.17. The van der Waals surface area contributed by atoms with Gasteiger partial charge >= 0.3 is 0 Å². The lowest BCUT2D eigenvalue weighted by Gasteiger charge is -2.26. The van der Waals surface area contributed by atoms with E-state index in [1.54, 1.807) is 0 Å². The lowest BCUT2D eigenvalue weighted by molar-refractivity contribution is 0.356. The van der Waals surface area contributed by atoms with E-state index < -0.39 is 0 Å². The van der Waals surface area contributed by atoms with Gasteiger partial charge in [-0.2, -0.15) is 0 Å². The number of hydrogen-bond donors (Lipinski definition) is 0. The Kier molecular flexibility index (Phi) is 6.22. The minimum Gasteiger partial charge on any atom is -0.461 e. The van der Waals surface area contributed by atoms with E-state index in [2.05, 4.69) is 43.8 Å². The van der Waals surface area contributed by atoms with Crippen molar-refractivity contribution in [3.63, 3.8) is 0 Å². The maximum Gasteiger partial charge on any atom is 0.161 e. The molecule has 2 unspecified atom stereocenters. The predicted octanol–water partition coefficient (Wildman–Crippen LogP) is 6.75. The number of ether oxygens (including phenoxy) is 1. The van der Waals surface area contributed by atoms with Crippen LogP contribution in [0.5, 0.6) is 5.75 Å². The first kappa shape index (κ1) is 22.0. The molecule has 0 amide bonds. The summed E-state index contributed by atoms with van der Waals surface area (Å²) in [4.78, 5) is 14.1. The summed E-state index contributed by atoms with van der Waals surface area (Å²) in [5, 5.41) is 0. The smallest absolute Gasteiger partial charge is 0.161 e. The number of aliphatic imine (C=N–C) groups is 3. The van der Waals surface area contributed by atoms with Gasteiger partial charge in [0.1, 0.15) is 11.5 Å². The van der Waals surface area contributed by atoms with Gasteiger partial charge in [0.25, 0.3) is 0 Å². The molecule has 2 aliphatic rings. The Morgan fingerprint density at radius 2 is 1.62 bits per heavy atom. The lowest BCUT2D eigenvalue weighted by atomic mass is 9.79. The van der Waals surface area contributed by atoms with Crippen molar-refractivity contribution in [2.45, 2.75) is 32.6 Å². The van der Waals surface area contributed by atoms with E-state index in [4.69, 9.17) is 14.7 Å². The first-order valence-electron chi connectivity index (χ1n) is 11.8. The van der Waals surface area contributed by atoms with Gasteiger partial charge in [-0.3, -0.25) is 4.99 Å². The van der Waals surface area contributed by atoms with Gasteiger partial charge in [-0.25, -0.2) is 9.98 Å². The van der Waals surface area contributed by atoms with Crippen LogP contribution in [0, 0.1) is 12.8 Å². The minimum atomic E-state index is 0.322. The van der Waals surface area contributed by atoms with Crippen LogP contribution in [-0.4, -0.2) is 24.9 Å². The Bertz CT molecular complexity index is 1290. The number of allylic oxidation sites excluding steroid dienone is 1. The first-order valence-corrected chi connectivity index (χ1v) is 11.8. The molecular formula is C30H29N3O. The normalized spacial score (nSPS) is 19.9. The molecule has 0 spiro atoms. The quantitative estimate of drug-likeness (QED) is 0.322. The number of hydrogen-bond acceptors (Lipinski definition) is 2. The summed E-state index contributed by atoms with van der Waals surface area (Å²) < 4.78 is 6.38. The second-order valence-corrected chi connectivity index (χ2v) is 9.17. The van der Waals surface area contributed by atoms with E-state index >= 15 is 0 Å². The van der Waals surface area contributed by atoms with E-state index in [1.165, 1.54) is 16.7 Å². The molecule has 34 heavy (non-hydrogen) atoms. The molecule has 3 aromatic carbocycles. The second kappa shape index (κ2) is 9.60. The van der Waals surface area contributed by atoms with Crippen molar-refractivity contribution in [1.82, 2.24) is 0 Å². The largest absolute Gasteiger partial charge is 0.461 e. The third-order valence-corrected chi connectivity index (χ3v) is 6.50. The minimum absolute atomic E-state index is 0.322. The fraction of sp³-hybridized carbons (Fsp3) is 0.233. The highest BCUT2D eigenvalue weighted by Gasteiger charge is 2.36. The number of fused-ring (bicyclic) bond motifs is 3. The van der Waals surface area contributed by atoms with Gasteiger partial charge in [-0.05, 0) is 44.0 Å². The predicted molar refractivity (Wildman–Crippen MR) is 140 cm³/mol. The molecule has 0 bridgehead atoms. The van der Waals surface area contributed by atoms with Crippen molar-refractivity contribution in [3.05, 3.63) is 112 Å². The number of rotatable bonds is 4. The van der Waals surface area contributed by atoms with Crippen LogP contribution in [0.3, 0.4) is 0 Å². The van der Waals surface area contributed by atoms with Gasteiger partial charge in [0.15, 0.2) is 11.7 Å². The van der Waals surface area contributed by atoms with Crippen LogP contribution in [-0.2, 0) is 0 Å². The van der Waals surface area contributed by atoms with E-state index in [1.807, 2.05) is 60.7 Å². The monoisotopic (exact) mass is 447 g/mol. The average molecular weight is 448 g/mol. The highest BCUT2D eigenvalue weighted by atomic mass is 16.5. The Morgan fingerprint density at radius 1 is 0.941 bits per heavy atom. The molecular weight excluding hydrogens is 418 g/mol. The van der Waals surface area contributed by atoms with Gasteiger partial charge in [0.2, 0.25) is 0 Å². The second-order valence-electron chi connectivity index (χ2n) is 9.17. The molecule has 3 aromatic rings. The van der Waals surface area contributed by atoms with Gasteiger partial charge in [-0.1, -0.05) is 85.3 Å². The Labute approximate surface area is 201 Å². The molecule has 0 saturated heterocycles. The van der Waals surface area contributed by atoms with Crippen molar-refractivity contribution in [1.29, 1.82) is 0 Å². The van der Waals surface area contributed by atoms with Crippen LogP contribution in [0.15, 0.2) is 105 Å². The van der Waals surface area contributed by atoms with Crippen molar-refractivity contribution < 1.29 is 4.74 Å². The number of amidine groups is 2. The number of benzene rings is 3. The summed E-state index contributed by atoms with van der Waals surface area (Å²) >= 11 is 0. The molecule has 1 aliphatic carbocycles. The maximum absolute atomic E-state index is 6.38. The molecule has 4 heteroatoms. The van der Waals surface area contributed by atoms with Crippen molar-refractivity contribution >= 4 is 18.4 Å². The summed E-state index contributed by atoms with van der Waals surface area (Å²) in [6.07, 6.45) is 2.10. The van der Waals surface area contributed by atoms with E-state index in [-0.39, 0.29) is 0 Å². The standard InChI is InChI=1S/C30H29N3O/c1-20-14-15-27-25(17-20)26-18-21(2)16-24(28(26)34-27)19-32-30(23-12-8-5-9-13-23)33-29(31-3)22-10-6-4-7-11-22/h4-15,17,21,26H,3,16,18-19H2,1-2H3. The average Bonchev–Trinajstić information content (AvgIpc) is 3.23. The third kappa shape index (κ3) is 4.49. The molecule has 170 valence electrons. The fourth-order valence-corrected chi connectivity index (χ4v) is 4.89. The summed E-state index contributed by atoms with van der Waals surface area (Å²) in [5.74, 6) is 4.19. The molecule has 0 fully saturated rings. The Balaban J connectivity index is 1.53. The molecule has 0 saturated carbocycles. The van der Waals surface area contributed by atoms with E-state index in [9.17, 15) is 0 Å². The maximum atomic E-state index is 6.38. The molecule has 2 atom stereocenters. The summed E-state index contributed by atoms with van der Waals surface area (Å²) in [6, 6.07) is 26.5. The summed E-state index contributed by atoms with van der Waals surface area (Å²) in [5.41, 5.74) is 5.71. The third-order valence-electron chi connectivity index (χ3n) is 6.50. The molecule has 0 aromatic heterocycles. The van der Waals surface area contributed by atoms with Gasteiger partial charge in [-0.15, -0.1) is 0 Å². The summed E-state index contributed by atoms with van der Waals surface area (Å²) in [6.45, 7) is 8.76. The zero-order valence-electron chi connectivity index (χ0n) is 19.7. The van der Waals surface area contributed by atoms with Crippen molar-refractivity contribution in [3.8, 4) is 5.75 Å². The SMILES string of the molecule is C=NC(=NC(=NCC1=C2Oc3ccc(C)cc3C2CC(C)C1)c1ccccc1)c1ccccc1. The van der Waals surface area contributed by atoms with Crippen LogP contribution >= 0.6 is 0 Å². The highest BCUT2D eigenvalue weighted by Crippen LogP contribution is 2.49. The van der Waals surface area contributed by atoms with Gasteiger partial charge < -0.3 is 4.74 Å². The van der Waals surface area contributed by atoms with Crippen LogP contribution < -0.4 is 4.74 Å². The molecule has 5 rings (SSSR count). The molecule has 1 aliphatic heterocycles. The topological polar surface area (TPSA) is 46.3 Å². The summed E-state index contributed by atoms with van der Waals surface area (Å²) in [7, 11) is 0. The van der Waals surface area contributed by atoms with Gasteiger partial charge in [0, 0.05) is 22.6 Å². The number of nitrogens with zero attached hydrogens (tertiary/aromatic N) is 3.